The molecule has 0 amide bonds. The van der Waals surface area contributed by atoms with Crippen molar-refractivity contribution in [2.45, 2.75) is 25.5 Å². The van der Waals surface area contributed by atoms with E-state index in [0.717, 1.165) is 19.3 Å². The molecule has 1 N–H and O–H groups in total. The van der Waals surface area contributed by atoms with E-state index < -0.39 is 0 Å². The Bertz CT molecular complexity index is 569. The number of Topliss-reactive ketones (excluding diaryl/α,β-unsaturated/α-hetero) is 1. The third-order valence-electron chi connectivity index (χ3n) is 3.45. The molecule has 19 heavy (non-hydrogen) atoms. The molecule has 1 fully saturated rings. The molecule has 1 heterocycles. The first-order chi connectivity index (χ1) is 9.27. The number of fused-ring (bicyclic) bond motifs is 1. The van der Waals surface area contributed by atoms with Gasteiger partial charge in [0.05, 0.1) is 5.57 Å². The predicted molar refractivity (Wildman–Crippen MR) is 72.4 cm³/mol. The molecule has 1 aliphatic heterocycles. The highest BCUT2D eigenvalue weighted by atomic mass is 16.5. The number of carbonyl (C=O) groups excluding carboxylic acids is 1. The van der Waals surface area contributed by atoms with Gasteiger partial charge in [0.15, 0.2) is 5.78 Å². The molecule has 3 rings (SSSR count). The Balaban J connectivity index is 1.84. The largest absolute Gasteiger partial charge is 0.506 e. The maximum atomic E-state index is 12.1. The summed E-state index contributed by atoms with van der Waals surface area (Å²) in [6.45, 7) is 0.710. The number of aliphatic imine (C=N–C) groups is 1. The minimum Gasteiger partial charge on any atom is -0.506 e. The molecule has 0 bridgehead atoms. The van der Waals surface area contributed by atoms with Crippen molar-refractivity contribution in [3.63, 3.8) is 0 Å². The second-order valence-corrected chi connectivity index (χ2v) is 4.74. The van der Waals surface area contributed by atoms with Gasteiger partial charge in [-0.2, -0.15) is 0 Å². The lowest BCUT2D eigenvalue weighted by molar-refractivity contribution is 0.0227. The summed E-state index contributed by atoms with van der Waals surface area (Å²) in [5, 5.41) is 10.1. The number of benzene rings is 1. The van der Waals surface area contributed by atoms with Gasteiger partial charge < -0.3 is 9.84 Å². The summed E-state index contributed by atoms with van der Waals surface area (Å²) in [7, 11) is 0. The first-order valence-corrected chi connectivity index (χ1v) is 6.49. The zero-order valence-electron chi connectivity index (χ0n) is 10.5. The lowest BCUT2D eigenvalue weighted by Crippen LogP contribution is -2.17. The maximum absolute atomic E-state index is 12.1. The lowest BCUT2D eigenvalue weighted by atomic mass is 10.1. The van der Waals surface area contributed by atoms with Crippen LogP contribution < -0.4 is 0 Å². The van der Waals surface area contributed by atoms with Crippen molar-refractivity contribution in [3.05, 3.63) is 41.0 Å². The van der Waals surface area contributed by atoms with Crippen molar-refractivity contribution < 1.29 is 14.6 Å². The number of aliphatic hydroxyl groups is 1. The molecule has 0 unspecified atom stereocenters. The highest BCUT2D eigenvalue weighted by molar-refractivity contribution is 6.30. The Morgan fingerprint density at radius 3 is 2.74 bits per heavy atom. The first kappa shape index (κ1) is 12.1. The van der Waals surface area contributed by atoms with Crippen molar-refractivity contribution in [3.8, 4) is 0 Å². The number of rotatable bonds is 2. The van der Waals surface area contributed by atoms with Crippen LogP contribution >= 0.6 is 0 Å². The maximum Gasteiger partial charge on any atom is 0.199 e. The Hall–Kier alpha value is -1.94. The lowest BCUT2D eigenvalue weighted by Gasteiger charge is -2.18. The van der Waals surface area contributed by atoms with E-state index in [1.807, 2.05) is 0 Å². The summed E-state index contributed by atoms with van der Waals surface area (Å²) in [6, 6.07) is 7.04. The molecule has 0 saturated carbocycles. The van der Waals surface area contributed by atoms with Gasteiger partial charge >= 0.3 is 0 Å². The fourth-order valence-electron chi connectivity index (χ4n) is 2.40. The second kappa shape index (κ2) is 4.97. The Labute approximate surface area is 111 Å². The summed E-state index contributed by atoms with van der Waals surface area (Å²) in [4.78, 5) is 16.4. The Kier molecular flexibility index (Phi) is 3.17. The van der Waals surface area contributed by atoms with Gasteiger partial charge in [0.1, 0.15) is 12.0 Å². The zero-order chi connectivity index (χ0) is 13.2. The molecule has 1 atom stereocenters. The van der Waals surface area contributed by atoms with Gasteiger partial charge in [-0.3, -0.25) is 9.79 Å². The third kappa shape index (κ3) is 2.19. The van der Waals surface area contributed by atoms with E-state index in [4.69, 9.17) is 4.74 Å². The first-order valence-electron chi connectivity index (χ1n) is 6.49. The van der Waals surface area contributed by atoms with Crippen LogP contribution in [0.15, 0.2) is 34.8 Å². The van der Waals surface area contributed by atoms with Gasteiger partial charge in [-0.1, -0.05) is 24.3 Å². The average molecular weight is 257 g/mol. The van der Waals surface area contributed by atoms with Crippen molar-refractivity contribution >= 4 is 17.8 Å². The van der Waals surface area contributed by atoms with E-state index in [0.29, 0.717) is 17.7 Å². The Morgan fingerprint density at radius 1 is 1.26 bits per heavy atom. The average Bonchev–Trinajstić information content (AvgIpc) is 2.71. The van der Waals surface area contributed by atoms with Gasteiger partial charge in [-0.05, 0) is 19.3 Å². The molecular weight excluding hydrogens is 242 g/mol. The van der Waals surface area contributed by atoms with E-state index in [2.05, 4.69) is 4.99 Å². The number of ketones is 1. The molecule has 1 aromatic carbocycles. The van der Waals surface area contributed by atoms with E-state index in [1.165, 1.54) is 6.21 Å². The van der Waals surface area contributed by atoms with Gasteiger partial charge in [0.2, 0.25) is 0 Å². The van der Waals surface area contributed by atoms with Crippen molar-refractivity contribution in [1.82, 2.24) is 0 Å². The van der Waals surface area contributed by atoms with Crippen LogP contribution in [-0.2, 0) is 4.74 Å². The fourth-order valence-corrected chi connectivity index (χ4v) is 2.40. The molecule has 1 saturated heterocycles. The monoisotopic (exact) mass is 257 g/mol. The van der Waals surface area contributed by atoms with E-state index >= 15 is 0 Å². The quantitative estimate of drug-likeness (QED) is 0.829. The van der Waals surface area contributed by atoms with Gasteiger partial charge in [-0.15, -0.1) is 0 Å². The minimum absolute atomic E-state index is 0.0140. The van der Waals surface area contributed by atoms with Crippen LogP contribution in [0.2, 0.25) is 0 Å². The van der Waals surface area contributed by atoms with Gasteiger partial charge in [-0.25, -0.2) is 0 Å². The molecule has 1 aromatic rings. The normalized spacial score (nSPS) is 23.2. The summed E-state index contributed by atoms with van der Waals surface area (Å²) in [5.74, 6) is -0.159. The Morgan fingerprint density at radius 2 is 2.05 bits per heavy atom. The standard InChI is InChI=1S/C15H15NO3/c17-14-10-5-1-2-6-11(10)15(18)12(14)9-16-13-7-3-4-8-19-13/h1-2,5-6,9,13,17H,3-4,7-8H2/t13-/m1/s1. The molecule has 1 aliphatic carbocycles. The number of hydrogen-bond acceptors (Lipinski definition) is 4. The van der Waals surface area contributed by atoms with Gasteiger partial charge in [0.25, 0.3) is 0 Å². The predicted octanol–water partition coefficient (Wildman–Crippen LogP) is 2.75. The third-order valence-corrected chi connectivity index (χ3v) is 3.45. The second-order valence-electron chi connectivity index (χ2n) is 4.74. The molecule has 98 valence electrons. The summed E-state index contributed by atoms with van der Waals surface area (Å²) >= 11 is 0. The zero-order valence-corrected chi connectivity index (χ0v) is 10.5. The smallest absolute Gasteiger partial charge is 0.199 e. The highest BCUT2D eigenvalue weighted by Gasteiger charge is 2.28. The van der Waals surface area contributed by atoms with Gasteiger partial charge in [0, 0.05) is 23.9 Å². The molecule has 0 spiro atoms. The molecule has 2 aliphatic rings. The highest BCUT2D eigenvalue weighted by Crippen LogP contribution is 2.30. The SMILES string of the molecule is O=C1C(C=N[C@H]2CCCCO2)=C(O)c2ccccc21. The van der Waals surface area contributed by atoms with Crippen LogP contribution in [-0.4, -0.2) is 29.9 Å². The van der Waals surface area contributed by atoms with Crippen LogP contribution in [0.25, 0.3) is 5.76 Å². The number of nitrogens with zero attached hydrogens (tertiary/aromatic N) is 1. The summed E-state index contributed by atoms with van der Waals surface area (Å²) < 4.78 is 5.47. The number of aliphatic hydroxyl groups excluding tert-OH is 1. The number of ether oxygens (including phenoxy) is 1. The summed E-state index contributed by atoms with van der Waals surface area (Å²) in [6.07, 6.45) is 4.27. The van der Waals surface area contributed by atoms with Crippen LogP contribution in [0, 0.1) is 0 Å². The molecule has 4 heteroatoms. The number of allylic oxidation sites excluding steroid dienone is 1. The molecular formula is C15H15NO3. The minimum atomic E-state index is -0.189. The molecule has 0 radical (unpaired) electrons. The number of carbonyl (C=O) groups is 1. The number of hydrogen-bond donors (Lipinski definition) is 1. The van der Waals surface area contributed by atoms with E-state index in [-0.39, 0.29) is 23.3 Å². The van der Waals surface area contributed by atoms with Crippen LogP contribution in [0.4, 0.5) is 0 Å². The van der Waals surface area contributed by atoms with E-state index in [9.17, 15) is 9.90 Å². The summed E-state index contributed by atoms with van der Waals surface area (Å²) in [5.41, 5.74) is 1.37. The van der Waals surface area contributed by atoms with Crippen molar-refractivity contribution in [2.24, 2.45) is 4.99 Å². The molecule has 0 aromatic heterocycles. The topological polar surface area (TPSA) is 58.9 Å². The van der Waals surface area contributed by atoms with Crippen molar-refractivity contribution in [2.75, 3.05) is 6.61 Å². The van der Waals surface area contributed by atoms with Crippen LogP contribution in [0.3, 0.4) is 0 Å². The molecule has 4 nitrogen and oxygen atoms in total. The van der Waals surface area contributed by atoms with Crippen molar-refractivity contribution in [1.29, 1.82) is 0 Å². The van der Waals surface area contributed by atoms with Crippen LogP contribution in [0.5, 0.6) is 0 Å². The van der Waals surface area contributed by atoms with E-state index in [1.54, 1.807) is 24.3 Å². The fraction of sp³-hybridized carbons (Fsp3) is 0.333. The van der Waals surface area contributed by atoms with Crippen LogP contribution in [0.1, 0.15) is 35.2 Å².